The molecule has 1 fully saturated rings. The topological polar surface area (TPSA) is 86.7 Å². The maximum Gasteiger partial charge on any atom is 0.240 e. The standard InChI is InChI=1S/C16H16N2O4S2/c19-10(11-3-4-13(24-11)12-2-1-7-23-12)8-17-14(20)9-18-15(21)5-6-16(18)22/h1-4,7,10,19H,5-6,8-9H2,(H,17,20). The second-order valence-electron chi connectivity index (χ2n) is 5.37. The van der Waals surface area contributed by atoms with E-state index in [4.69, 9.17) is 0 Å². The minimum atomic E-state index is -0.822. The number of amides is 3. The zero-order chi connectivity index (χ0) is 17.1. The Hall–Kier alpha value is -2.03. The third kappa shape index (κ3) is 3.72. The van der Waals surface area contributed by atoms with Crippen LogP contribution in [0.25, 0.3) is 9.75 Å². The monoisotopic (exact) mass is 364 g/mol. The number of hydrogen-bond acceptors (Lipinski definition) is 6. The first kappa shape index (κ1) is 16.8. The SMILES string of the molecule is O=C(CN1C(=O)CCC1=O)NCC(O)c1ccc(-c2cccs2)s1. The van der Waals surface area contributed by atoms with Crippen molar-refractivity contribution in [2.24, 2.45) is 0 Å². The molecule has 1 aliphatic heterocycles. The zero-order valence-electron chi connectivity index (χ0n) is 12.7. The number of rotatable bonds is 6. The summed E-state index contributed by atoms with van der Waals surface area (Å²) in [7, 11) is 0. The Morgan fingerprint density at radius 2 is 1.96 bits per heavy atom. The van der Waals surface area contributed by atoms with Crippen LogP contribution >= 0.6 is 22.7 Å². The number of imide groups is 1. The van der Waals surface area contributed by atoms with E-state index in [-0.39, 0.29) is 37.7 Å². The van der Waals surface area contributed by atoms with E-state index in [1.807, 2.05) is 29.6 Å². The van der Waals surface area contributed by atoms with E-state index >= 15 is 0 Å². The molecule has 24 heavy (non-hydrogen) atoms. The minimum absolute atomic E-state index is 0.0411. The predicted octanol–water partition coefficient (Wildman–Crippen LogP) is 1.78. The van der Waals surface area contributed by atoms with Gasteiger partial charge in [0, 0.05) is 34.0 Å². The summed E-state index contributed by atoms with van der Waals surface area (Å²) in [6.07, 6.45) is -0.497. The van der Waals surface area contributed by atoms with Crippen LogP contribution in [-0.2, 0) is 14.4 Å². The second-order valence-corrected chi connectivity index (χ2v) is 7.44. The molecule has 2 aromatic heterocycles. The van der Waals surface area contributed by atoms with Gasteiger partial charge in [0.05, 0.1) is 0 Å². The molecule has 2 N–H and O–H groups in total. The summed E-state index contributed by atoms with van der Waals surface area (Å²) < 4.78 is 0. The fourth-order valence-electron chi connectivity index (χ4n) is 2.39. The number of aliphatic hydroxyl groups excluding tert-OH is 1. The molecule has 1 unspecified atom stereocenters. The quantitative estimate of drug-likeness (QED) is 0.765. The summed E-state index contributed by atoms with van der Waals surface area (Å²) in [5.74, 6) is -1.10. The molecule has 2 aromatic rings. The number of thiophene rings is 2. The second kappa shape index (κ2) is 7.25. The molecule has 0 bridgehead atoms. The van der Waals surface area contributed by atoms with Gasteiger partial charge in [-0.3, -0.25) is 19.3 Å². The number of likely N-dealkylation sites (tertiary alicyclic amines) is 1. The average Bonchev–Trinajstić information content (AvgIpc) is 3.29. The highest BCUT2D eigenvalue weighted by Crippen LogP contribution is 2.33. The van der Waals surface area contributed by atoms with Gasteiger partial charge in [-0.25, -0.2) is 0 Å². The van der Waals surface area contributed by atoms with E-state index in [0.29, 0.717) is 0 Å². The molecule has 0 aromatic carbocycles. The number of hydrogen-bond donors (Lipinski definition) is 2. The Bertz CT molecular complexity index is 738. The smallest absolute Gasteiger partial charge is 0.240 e. The van der Waals surface area contributed by atoms with Crippen molar-refractivity contribution in [3.8, 4) is 9.75 Å². The number of aliphatic hydroxyl groups is 1. The summed E-state index contributed by atoms with van der Waals surface area (Å²) in [6, 6.07) is 7.76. The zero-order valence-corrected chi connectivity index (χ0v) is 14.4. The van der Waals surface area contributed by atoms with E-state index in [0.717, 1.165) is 19.5 Å². The molecular formula is C16H16N2O4S2. The first-order valence-electron chi connectivity index (χ1n) is 7.46. The van der Waals surface area contributed by atoms with Gasteiger partial charge >= 0.3 is 0 Å². The van der Waals surface area contributed by atoms with Gasteiger partial charge < -0.3 is 10.4 Å². The number of nitrogens with one attached hydrogen (secondary N) is 1. The Labute approximate surface area is 146 Å². The van der Waals surface area contributed by atoms with Crippen LogP contribution in [0.15, 0.2) is 29.6 Å². The lowest BCUT2D eigenvalue weighted by Gasteiger charge is -2.15. The van der Waals surface area contributed by atoms with Crippen LogP contribution < -0.4 is 5.32 Å². The molecule has 1 aliphatic rings. The average molecular weight is 364 g/mol. The molecule has 0 spiro atoms. The van der Waals surface area contributed by atoms with Crippen LogP contribution in [0.2, 0.25) is 0 Å². The molecule has 1 atom stereocenters. The lowest BCUT2D eigenvalue weighted by Crippen LogP contribution is -2.41. The van der Waals surface area contributed by atoms with Gasteiger partial charge in [0.15, 0.2) is 0 Å². The van der Waals surface area contributed by atoms with Gasteiger partial charge in [0.1, 0.15) is 12.6 Å². The Morgan fingerprint density at radius 1 is 1.21 bits per heavy atom. The maximum atomic E-state index is 11.9. The summed E-state index contributed by atoms with van der Waals surface area (Å²) in [5, 5.41) is 14.8. The fraction of sp³-hybridized carbons (Fsp3) is 0.312. The first-order chi connectivity index (χ1) is 11.5. The van der Waals surface area contributed by atoms with Crippen molar-refractivity contribution in [3.63, 3.8) is 0 Å². The van der Waals surface area contributed by atoms with Crippen molar-refractivity contribution >= 4 is 40.4 Å². The third-order valence-electron chi connectivity index (χ3n) is 3.67. The molecule has 0 radical (unpaired) electrons. The molecule has 8 heteroatoms. The van der Waals surface area contributed by atoms with Crippen molar-refractivity contribution in [2.45, 2.75) is 18.9 Å². The number of carbonyl (C=O) groups is 3. The van der Waals surface area contributed by atoms with E-state index < -0.39 is 12.0 Å². The molecule has 6 nitrogen and oxygen atoms in total. The lowest BCUT2D eigenvalue weighted by molar-refractivity contribution is -0.142. The Balaban J connectivity index is 1.52. The van der Waals surface area contributed by atoms with Crippen LogP contribution in [0.4, 0.5) is 0 Å². The molecule has 3 amide bonds. The summed E-state index contributed by atoms with van der Waals surface area (Å²) >= 11 is 3.10. The molecule has 0 saturated carbocycles. The minimum Gasteiger partial charge on any atom is -0.386 e. The van der Waals surface area contributed by atoms with E-state index in [9.17, 15) is 19.5 Å². The highest BCUT2D eigenvalue weighted by molar-refractivity contribution is 7.21. The first-order valence-corrected chi connectivity index (χ1v) is 9.16. The van der Waals surface area contributed by atoms with E-state index in [1.54, 1.807) is 11.3 Å². The molecular weight excluding hydrogens is 348 g/mol. The van der Waals surface area contributed by atoms with Gasteiger partial charge in [0.25, 0.3) is 0 Å². The van der Waals surface area contributed by atoms with Gasteiger partial charge in [0.2, 0.25) is 17.7 Å². The maximum absolute atomic E-state index is 11.9. The summed E-state index contributed by atoms with van der Waals surface area (Å²) in [5.41, 5.74) is 0. The van der Waals surface area contributed by atoms with Gasteiger partial charge in [-0.2, -0.15) is 0 Å². The highest BCUT2D eigenvalue weighted by atomic mass is 32.1. The molecule has 126 valence electrons. The van der Waals surface area contributed by atoms with Gasteiger partial charge in [-0.1, -0.05) is 6.07 Å². The fourth-order valence-corrected chi connectivity index (χ4v) is 4.22. The van der Waals surface area contributed by atoms with E-state index in [1.165, 1.54) is 11.3 Å². The number of nitrogens with zero attached hydrogens (tertiary/aromatic N) is 1. The van der Waals surface area contributed by atoms with Crippen LogP contribution in [0, 0.1) is 0 Å². The van der Waals surface area contributed by atoms with Crippen LogP contribution in [0.5, 0.6) is 0 Å². The van der Waals surface area contributed by atoms with Gasteiger partial charge in [-0.15, -0.1) is 22.7 Å². The molecule has 0 aliphatic carbocycles. The van der Waals surface area contributed by atoms with Crippen LogP contribution in [0.1, 0.15) is 23.8 Å². The lowest BCUT2D eigenvalue weighted by atomic mass is 10.3. The van der Waals surface area contributed by atoms with E-state index in [2.05, 4.69) is 5.32 Å². The molecule has 3 heterocycles. The van der Waals surface area contributed by atoms with Crippen molar-refractivity contribution in [1.82, 2.24) is 10.2 Å². The van der Waals surface area contributed by atoms with Crippen molar-refractivity contribution in [2.75, 3.05) is 13.1 Å². The third-order valence-corrected chi connectivity index (χ3v) is 5.92. The predicted molar refractivity (Wildman–Crippen MR) is 91.6 cm³/mol. The summed E-state index contributed by atoms with van der Waals surface area (Å²) in [4.78, 5) is 38.7. The van der Waals surface area contributed by atoms with Crippen molar-refractivity contribution < 1.29 is 19.5 Å². The highest BCUT2D eigenvalue weighted by Gasteiger charge is 2.30. The normalized spacial score (nSPS) is 15.8. The number of carbonyl (C=O) groups excluding carboxylic acids is 3. The Kier molecular flexibility index (Phi) is 5.08. The van der Waals surface area contributed by atoms with Crippen LogP contribution in [0.3, 0.4) is 0 Å². The van der Waals surface area contributed by atoms with Crippen molar-refractivity contribution in [3.05, 3.63) is 34.5 Å². The van der Waals surface area contributed by atoms with Gasteiger partial charge in [-0.05, 0) is 23.6 Å². The van der Waals surface area contributed by atoms with Crippen molar-refractivity contribution in [1.29, 1.82) is 0 Å². The molecule has 3 rings (SSSR count). The summed E-state index contributed by atoms with van der Waals surface area (Å²) in [6.45, 7) is -0.241. The van der Waals surface area contributed by atoms with Crippen LogP contribution in [-0.4, -0.2) is 40.8 Å². The Morgan fingerprint density at radius 3 is 2.62 bits per heavy atom. The molecule has 1 saturated heterocycles. The largest absolute Gasteiger partial charge is 0.386 e.